The van der Waals surface area contributed by atoms with Crippen LogP contribution in [0.5, 0.6) is 5.75 Å². The van der Waals surface area contributed by atoms with Crippen LogP contribution < -0.4 is 10.1 Å². The lowest BCUT2D eigenvalue weighted by Crippen LogP contribution is -2.03. The van der Waals surface area contributed by atoms with Crippen molar-refractivity contribution in [3.8, 4) is 11.4 Å². The van der Waals surface area contributed by atoms with Gasteiger partial charge in [-0.2, -0.15) is 4.68 Å². The summed E-state index contributed by atoms with van der Waals surface area (Å²) in [6, 6.07) is 17.3. The molecule has 0 atom stereocenters. The molecule has 0 unspecified atom stereocenters. The van der Waals surface area contributed by atoms with Gasteiger partial charge in [0.05, 0.1) is 12.8 Å². The number of hydrogen-bond donors (Lipinski definition) is 1. The summed E-state index contributed by atoms with van der Waals surface area (Å²) in [6.45, 7) is 0. The Labute approximate surface area is 116 Å². The lowest BCUT2D eigenvalue weighted by molar-refractivity contribution is 0.415. The van der Waals surface area contributed by atoms with Gasteiger partial charge in [-0.15, -0.1) is 0 Å². The number of hydrogen-bond acceptors (Lipinski definition) is 5. The van der Waals surface area contributed by atoms with E-state index in [1.54, 1.807) is 11.8 Å². The zero-order valence-corrected chi connectivity index (χ0v) is 10.9. The van der Waals surface area contributed by atoms with Gasteiger partial charge in [0.1, 0.15) is 5.75 Å². The zero-order chi connectivity index (χ0) is 13.8. The number of rotatable bonds is 4. The van der Waals surface area contributed by atoms with Crippen LogP contribution in [0.25, 0.3) is 5.69 Å². The highest BCUT2D eigenvalue weighted by atomic mass is 16.5. The molecule has 20 heavy (non-hydrogen) atoms. The SMILES string of the molecule is COc1cccc(Nc2nnnn2-c2ccccc2)c1. The highest BCUT2D eigenvalue weighted by Gasteiger charge is 2.08. The van der Waals surface area contributed by atoms with Crippen molar-refractivity contribution in [1.29, 1.82) is 0 Å². The maximum absolute atomic E-state index is 5.19. The number of para-hydroxylation sites is 1. The van der Waals surface area contributed by atoms with Crippen LogP contribution in [0, 0.1) is 0 Å². The quantitative estimate of drug-likeness (QED) is 0.786. The Bertz CT molecular complexity index is 696. The van der Waals surface area contributed by atoms with Crippen molar-refractivity contribution in [2.75, 3.05) is 12.4 Å². The van der Waals surface area contributed by atoms with E-state index >= 15 is 0 Å². The van der Waals surface area contributed by atoms with Crippen LogP contribution in [0.4, 0.5) is 11.6 Å². The van der Waals surface area contributed by atoms with Crippen molar-refractivity contribution in [2.45, 2.75) is 0 Å². The van der Waals surface area contributed by atoms with E-state index in [1.807, 2.05) is 54.6 Å². The lowest BCUT2D eigenvalue weighted by atomic mass is 10.3. The summed E-state index contributed by atoms with van der Waals surface area (Å²) in [5, 5.41) is 14.9. The van der Waals surface area contributed by atoms with Gasteiger partial charge in [-0.3, -0.25) is 0 Å². The molecule has 0 aliphatic heterocycles. The van der Waals surface area contributed by atoms with Crippen LogP contribution in [-0.4, -0.2) is 27.3 Å². The summed E-state index contributed by atoms with van der Waals surface area (Å²) in [4.78, 5) is 0. The summed E-state index contributed by atoms with van der Waals surface area (Å²) in [5.41, 5.74) is 1.75. The number of nitrogens with one attached hydrogen (secondary N) is 1. The summed E-state index contributed by atoms with van der Waals surface area (Å²) in [6.07, 6.45) is 0. The average Bonchev–Trinajstić information content (AvgIpc) is 2.96. The Morgan fingerprint density at radius 1 is 1.05 bits per heavy atom. The lowest BCUT2D eigenvalue weighted by Gasteiger charge is -2.08. The van der Waals surface area contributed by atoms with Crippen molar-refractivity contribution >= 4 is 11.6 Å². The van der Waals surface area contributed by atoms with Crippen LogP contribution in [0.15, 0.2) is 54.6 Å². The first-order valence-electron chi connectivity index (χ1n) is 6.12. The maximum atomic E-state index is 5.19. The second kappa shape index (κ2) is 5.40. The Hall–Kier alpha value is -2.89. The highest BCUT2D eigenvalue weighted by Crippen LogP contribution is 2.21. The van der Waals surface area contributed by atoms with E-state index in [-0.39, 0.29) is 0 Å². The Morgan fingerprint density at radius 3 is 2.70 bits per heavy atom. The number of aromatic nitrogens is 4. The normalized spacial score (nSPS) is 10.2. The molecule has 1 aromatic heterocycles. The molecule has 0 aliphatic carbocycles. The molecule has 1 N–H and O–H groups in total. The van der Waals surface area contributed by atoms with Crippen molar-refractivity contribution < 1.29 is 4.74 Å². The number of anilines is 2. The van der Waals surface area contributed by atoms with Gasteiger partial charge >= 0.3 is 0 Å². The van der Waals surface area contributed by atoms with E-state index in [0.717, 1.165) is 17.1 Å². The first-order chi connectivity index (χ1) is 9.86. The number of tetrazole rings is 1. The third-order valence-corrected chi connectivity index (χ3v) is 2.80. The van der Waals surface area contributed by atoms with Gasteiger partial charge in [-0.1, -0.05) is 29.4 Å². The standard InChI is InChI=1S/C14H13N5O/c1-20-13-9-5-6-11(10-13)15-14-16-17-18-19(14)12-7-3-2-4-8-12/h2-10H,1H3,(H,15,16,18). The molecule has 3 rings (SSSR count). The molecule has 0 saturated carbocycles. The summed E-state index contributed by atoms with van der Waals surface area (Å²) in [5.74, 6) is 1.32. The predicted octanol–water partition coefficient (Wildman–Crippen LogP) is 2.41. The van der Waals surface area contributed by atoms with Crippen LogP contribution in [-0.2, 0) is 0 Å². The first-order valence-corrected chi connectivity index (χ1v) is 6.12. The van der Waals surface area contributed by atoms with Crippen molar-refractivity contribution in [1.82, 2.24) is 20.2 Å². The smallest absolute Gasteiger partial charge is 0.252 e. The second-order valence-corrected chi connectivity index (χ2v) is 4.11. The molecule has 0 spiro atoms. The van der Waals surface area contributed by atoms with Gasteiger partial charge < -0.3 is 10.1 Å². The minimum atomic E-state index is 0.546. The van der Waals surface area contributed by atoms with Crippen LogP contribution in [0.1, 0.15) is 0 Å². The topological polar surface area (TPSA) is 64.9 Å². The summed E-state index contributed by atoms with van der Waals surface area (Å²) in [7, 11) is 1.63. The van der Waals surface area contributed by atoms with E-state index in [4.69, 9.17) is 4.74 Å². The Balaban J connectivity index is 1.90. The van der Waals surface area contributed by atoms with E-state index in [9.17, 15) is 0 Å². The van der Waals surface area contributed by atoms with Gasteiger partial charge in [0.25, 0.3) is 5.95 Å². The minimum Gasteiger partial charge on any atom is -0.497 e. The average molecular weight is 267 g/mol. The van der Waals surface area contributed by atoms with Crippen LogP contribution >= 0.6 is 0 Å². The Kier molecular flexibility index (Phi) is 3.28. The fraction of sp³-hybridized carbons (Fsp3) is 0.0714. The van der Waals surface area contributed by atoms with Crippen LogP contribution in [0.3, 0.4) is 0 Å². The molecule has 6 heteroatoms. The molecule has 0 saturated heterocycles. The van der Waals surface area contributed by atoms with E-state index < -0.39 is 0 Å². The van der Waals surface area contributed by atoms with Crippen molar-refractivity contribution in [3.05, 3.63) is 54.6 Å². The van der Waals surface area contributed by atoms with Crippen molar-refractivity contribution in [2.24, 2.45) is 0 Å². The van der Waals surface area contributed by atoms with E-state index in [2.05, 4.69) is 20.8 Å². The number of ether oxygens (including phenoxy) is 1. The van der Waals surface area contributed by atoms with Gasteiger partial charge in [-0.25, -0.2) is 0 Å². The van der Waals surface area contributed by atoms with Gasteiger partial charge in [0, 0.05) is 11.8 Å². The number of methoxy groups -OCH3 is 1. The molecule has 1 heterocycles. The van der Waals surface area contributed by atoms with E-state index in [0.29, 0.717) is 5.95 Å². The maximum Gasteiger partial charge on any atom is 0.252 e. The third kappa shape index (κ3) is 2.44. The van der Waals surface area contributed by atoms with E-state index in [1.165, 1.54) is 0 Å². The van der Waals surface area contributed by atoms with Gasteiger partial charge in [-0.05, 0) is 34.7 Å². The molecule has 0 bridgehead atoms. The highest BCUT2D eigenvalue weighted by molar-refractivity contribution is 5.57. The third-order valence-electron chi connectivity index (χ3n) is 2.80. The fourth-order valence-electron chi connectivity index (χ4n) is 1.84. The molecule has 2 aromatic carbocycles. The largest absolute Gasteiger partial charge is 0.497 e. The molecule has 100 valence electrons. The molecule has 0 fully saturated rings. The second-order valence-electron chi connectivity index (χ2n) is 4.11. The summed E-state index contributed by atoms with van der Waals surface area (Å²) < 4.78 is 6.83. The Morgan fingerprint density at radius 2 is 1.90 bits per heavy atom. The molecular weight excluding hydrogens is 254 g/mol. The molecular formula is C14H13N5O. The predicted molar refractivity (Wildman–Crippen MR) is 75.4 cm³/mol. The fourth-order valence-corrected chi connectivity index (χ4v) is 1.84. The first kappa shape index (κ1) is 12.2. The molecule has 0 radical (unpaired) electrons. The minimum absolute atomic E-state index is 0.546. The van der Waals surface area contributed by atoms with Crippen LogP contribution in [0.2, 0.25) is 0 Å². The summed E-state index contributed by atoms with van der Waals surface area (Å²) >= 11 is 0. The molecule has 6 nitrogen and oxygen atoms in total. The number of benzene rings is 2. The molecule has 0 amide bonds. The molecule has 0 aliphatic rings. The zero-order valence-electron chi connectivity index (χ0n) is 10.9. The molecule has 3 aromatic rings. The van der Waals surface area contributed by atoms with Gasteiger partial charge in [0.2, 0.25) is 0 Å². The monoisotopic (exact) mass is 267 g/mol. The number of nitrogens with zero attached hydrogens (tertiary/aromatic N) is 4. The van der Waals surface area contributed by atoms with Crippen molar-refractivity contribution in [3.63, 3.8) is 0 Å². The van der Waals surface area contributed by atoms with Gasteiger partial charge in [0.15, 0.2) is 0 Å².